The molecule has 1 rings (SSSR count). The van der Waals surface area contributed by atoms with Gasteiger partial charge in [-0.2, -0.15) is 0 Å². The van der Waals surface area contributed by atoms with E-state index in [0.717, 1.165) is 37.5 Å². The van der Waals surface area contributed by atoms with Gasteiger partial charge in [0.25, 0.3) is 0 Å². The van der Waals surface area contributed by atoms with Crippen molar-refractivity contribution in [3.8, 4) is 21.7 Å². The molecule has 0 aromatic carbocycles. The van der Waals surface area contributed by atoms with Crippen molar-refractivity contribution in [2.24, 2.45) is 0 Å². The van der Waals surface area contributed by atoms with Gasteiger partial charge in [0, 0.05) is 41.0 Å². The highest BCUT2D eigenvalue weighted by Crippen LogP contribution is 2.23. The minimum Gasteiger partial charge on any atom is -0.303 e. The topological polar surface area (TPSA) is 17.1 Å². The third-order valence-corrected chi connectivity index (χ3v) is 2.77. The maximum atomic E-state index is 10.1. The van der Waals surface area contributed by atoms with E-state index in [1.54, 1.807) is 0 Å². The molecule has 0 bridgehead atoms. The summed E-state index contributed by atoms with van der Waals surface area (Å²) in [5.41, 5.74) is 2.39. The Hall–Kier alpha value is -1.00. The van der Waals surface area contributed by atoms with Gasteiger partial charge in [0.2, 0.25) is 0 Å². The number of aldehydes is 1. The molecule has 0 amide bonds. The van der Waals surface area contributed by atoms with Gasteiger partial charge in [0.1, 0.15) is 6.29 Å². The number of carbonyl (C=O) groups is 1. The summed E-state index contributed by atoms with van der Waals surface area (Å²) < 4.78 is 2.91. The van der Waals surface area contributed by atoms with Gasteiger partial charge in [0.05, 0.1) is 0 Å². The third-order valence-electron chi connectivity index (χ3n) is 2.50. The Morgan fingerprint density at radius 2 is 2.35 bits per heavy atom. The average molecular weight is 338 g/mol. The molecule has 2 heteroatoms. The van der Waals surface area contributed by atoms with E-state index in [1.807, 2.05) is 6.08 Å². The van der Waals surface area contributed by atoms with E-state index in [0.29, 0.717) is 6.42 Å². The molecule has 17 heavy (non-hydrogen) atoms. The van der Waals surface area contributed by atoms with Crippen LogP contribution in [0.1, 0.15) is 38.5 Å². The first-order valence-corrected chi connectivity index (χ1v) is 6.89. The molecule has 0 aromatic rings. The summed E-state index contributed by atoms with van der Waals surface area (Å²) in [5.74, 6) is 9.24. The van der Waals surface area contributed by atoms with E-state index in [1.165, 1.54) is 12.0 Å². The van der Waals surface area contributed by atoms with Gasteiger partial charge in [0.15, 0.2) is 0 Å². The Bertz CT molecular complexity index is 435. The highest BCUT2D eigenvalue weighted by Gasteiger charge is 2.06. The Morgan fingerprint density at radius 3 is 3.12 bits per heavy atom. The maximum absolute atomic E-state index is 10.1. The number of rotatable bonds is 3. The highest BCUT2D eigenvalue weighted by molar-refractivity contribution is 14.1. The van der Waals surface area contributed by atoms with Crippen LogP contribution in [0.5, 0.6) is 0 Å². The van der Waals surface area contributed by atoms with Crippen LogP contribution in [-0.4, -0.2) is 6.29 Å². The molecular weight excluding hydrogens is 323 g/mol. The lowest BCUT2D eigenvalue weighted by molar-refractivity contribution is -0.107. The van der Waals surface area contributed by atoms with Crippen LogP contribution in [0, 0.1) is 21.7 Å². The van der Waals surface area contributed by atoms with E-state index in [4.69, 9.17) is 0 Å². The van der Waals surface area contributed by atoms with Crippen molar-refractivity contribution in [3.63, 3.8) is 0 Å². The standard InChI is InChI=1S/C15H15IO/c16-12-11-15-10-6-5-9-14(15)8-4-2-1-3-7-13-17/h8,10,13H,1,3,5-7,9H2/b14-8-. The maximum Gasteiger partial charge on any atom is 0.120 e. The third kappa shape index (κ3) is 5.75. The largest absolute Gasteiger partial charge is 0.303 e. The van der Waals surface area contributed by atoms with Crippen LogP contribution in [-0.2, 0) is 4.79 Å². The van der Waals surface area contributed by atoms with Crippen LogP contribution in [0.3, 0.4) is 0 Å². The second-order valence-electron chi connectivity index (χ2n) is 3.78. The van der Waals surface area contributed by atoms with E-state index in [9.17, 15) is 4.79 Å². The molecule has 0 aliphatic heterocycles. The number of hydrogen-bond donors (Lipinski definition) is 0. The molecule has 1 aliphatic rings. The smallest absolute Gasteiger partial charge is 0.120 e. The number of allylic oxidation sites excluding steroid dienone is 4. The fourth-order valence-electron chi connectivity index (χ4n) is 1.62. The molecule has 0 saturated heterocycles. The first-order valence-electron chi connectivity index (χ1n) is 5.81. The van der Waals surface area contributed by atoms with Crippen molar-refractivity contribution >= 4 is 28.9 Å². The second-order valence-corrected chi connectivity index (χ2v) is 4.32. The van der Waals surface area contributed by atoms with Crippen LogP contribution in [0.25, 0.3) is 0 Å². The Balaban J connectivity index is 2.56. The predicted molar refractivity (Wildman–Crippen MR) is 79.5 cm³/mol. The molecule has 88 valence electrons. The second kappa shape index (κ2) is 9.07. The molecule has 0 heterocycles. The van der Waals surface area contributed by atoms with E-state index >= 15 is 0 Å². The van der Waals surface area contributed by atoms with Crippen molar-refractivity contribution in [1.82, 2.24) is 0 Å². The zero-order valence-electron chi connectivity index (χ0n) is 9.76. The molecule has 0 radical (unpaired) electrons. The Morgan fingerprint density at radius 1 is 1.47 bits per heavy atom. The van der Waals surface area contributed by atoms with Crippen molar-refractivity contribution in [2.45, 2.75) is 38.5 Å². The summed E-state index contributed by atoms with van der Waals surface area (Å²) in [6, 6.07) is 0. The van der Waals surface area contributed by atoms with Gasteiger partial charge >= 0.3 is 0 Å². The number of unbranched alkanes of at least 4 members (excludes halogenated alkanes) is 2. The summed E-state index contributed by atoms with van der Waals surface area (Å²) in [4.78, 5) is 10.1. The lowest BCUT2D eigenvalue weighted by Gasteiger charge is -2.10. The SMILES string of the molecule is O=CCCCC#C/C=C1/CCCC=C1C#CI. The van der Waals surface area contributed by atoms with Gasteiger partial charge in [-0.15, -0.1) is 0 Å². The van der Waals surface area contributed by atoms with Crippen LogP contribution < -0.4 is 0 Å². The molecule has 1 aliphatic carbocycles. The van der Waals surface area contributed by atoms with Gasteiger partial charge in [-0.25, -0.2) is 0 Å². The number of carbonyl (C=O) groups excluding carboxylic acids is 1. The van der Waals surface area contributed by atoms with E-state index < -0.39 is 0 Å². The first kappa shape index (κ1) is 14.1. The Kier molecular flexibility index (Phi) is 7.51. The molecule has 1 nitrogen and oxygen atoms in total. The molecular formula is C15H15IO. The Labute approximate surface area is 117 Å². The fourth-order valence-corrected chi connectivity index (χ4v) is 1.91. The van der Waals surface area contributed by atoms with Crippen LogP contribution >= 0.6 is 22.6 Å². The summed E-state index contributed by atoms with van der Waals surface area (Å²) in [6.45, 7) is 0. The van der Waals surface area contributed by atoms with Crippen LogP contribution in [0.15, 0.2) is 23.3 Å². The van der Waals surface area contributed by atoms with E-state index in [-0.39, 0.29) is 0 Å². The van der Waals surface area contributed by atoms with Crippen LogP contribution in [0.4, 0.5) is 0 Å². The molecule has 0 N–H and O–H groups in total. The van der Waals surface area contributed by atoms with Gasteiger partial charge < -0.3 is 4.79 Å². The molecule has 0 atom stereocenters. The number of halogens is 1. The normalized spacial score (nSPS) is 16.3. The van der Waals surface area contributed by atoms with Crippen molar-refractivity contribution in [1.29, 1.82) is 0 Å². The van der Waals surface area contributed by atoms with Crippen molar-refractivity contribution in [2.75, 3.05) is 0 Å². The predicted octanol–water partition coefficient (Wildman–Crippen LogP) is 3.79. The molecule has 0 saturated carbocycles. The van der Waals surface area contributed by atoms with Gasteiger partial charge in [-0.3, -0.25) is 0 Å². The van der Waals surface area contributed by atoms with Gasteiger partial charge in [-0.1, -0.05) is 23.8 Å². The minimum atomic E-state index is 0.608. The number of hydrogen-bond acceptors (Lipinski definition) is 1. The first-order chi connectivity index (χ1) is 8.38. The van der Waals surface area contributed by atoms with E-state index in [2.05, 4.69) is 50.4 Å². The van der Waals surface area contributed by atoms with Crippen LogP contribution in [0.2, 0.25) is 0 Å². The van der Waals surface area contributed by atoms with Crippen molar-refractivity contribution in [3.05, 3.63) is 23.3 Å². The molecule has 0 aromatic heterocycles. The lowest BCUT2D eigenvalue weighted by Crippen LogP contribution is -1.94. The highest BCUT2D eigenvalue weighted by atomic mass is 127. The fraction of sp³-hybridized carbons (Fsp3) is 0.400. The zero-order valence-corrected chi connectivity index (χ0v) is 11.9. The summed E-state index contributed by atoms with van der Waals surface area (Å²) in [5, 5.41) is 0. The summed E-state index contributed by atoms with van der Waals surface area (Å²) in [6.07, 6.45) is 10.7. The zero-order chi connectivity index (χ0) is 12.3. The minimum absolute atomic E-state index is 0.608. The molecule has 0 unspecified atom stereocenters. The molecule has 0 fully saturated rings. The summed E-state index contributed by atoms with van der Waals surface area (Å²) >= 11 is 2.06. The van der Waals surface area contributed by atoms with Crippen molar-refractivity contribution < 1.29 is 4.79 Å². The van der Waals surface area contributed by atoms with Gasteiger partial charge in [-0.05, 0) is 41.3 Å². The lowest BCUT2D eigenvalue weighted by atomic mass is 9.94. The quantitative estimate of drug-likeness (QED) is 0.331. The molecule has 0 spiro atoms. The summed E-state index contributed by atoms with van der Waals surface area (Å²) in [7, 11) is 0. The monoisotopic (exact) mass is 338 g/mol. The average Bonchev–Trinajstić information content (AvgIpc) is 2.36.